The van der Waals surface area contributed by atoms with Crippen molar-refractivity contribution in [3.05, 3.63) is 83.8 Å². The van der Waals surface area contributed by atoms with Crippen molar-refractivity contribution < 1.29 is 4.79 Å². The van der Waals surface area contributed by atoms with Crippen molar-refractivity contribution in [3.8, 4) is 11.1 Å². The van der Waals surface area contributed by atoms with Crippen LogP contribution in [0.3, 0.4) is 0 Å². The monoisotopic (exact) mass is 369 g/mol. The molecule has 2 heterocycles. The average Bonchev–Trinajstić information content (AvgIpc) is 3.20. The lowest BCUT2D eigenvalue weighted by Gasteiger charge is -2.08. The van der Waals surface area contributed by atoms with Gasteiger partial charge in [-0.15, -0.1) is 0 Å². The van der Waals surface area contributed by atoms with E-state index in [0.717, 1.165) is 29.3 Å². The number of pyridine rings is 1. The maximum atomic E-state index is 12.1. The molecule has 28 heavy (non-hydrogen) atoms. The number of aromatic amines is 1. The van der Waals surface area contributed by atoms with Gasteiger partial charge < -0.3 is 0 Å². The third-order valence-corrected chi connectivity index (χ3v) is 5.20. The van der Waals surface area contributed by atoms with Crippen LogP contribution in [0.1, 0.15) is 29.5 Å². The third kappa shape index (κ3) is 4.01. The Kier molecular flexibility index (Phi) is 5.29. The molecule has 0 radical (unpaired) electrons. The van der Waals surface area contributed by atoms with E-state index in [-0.39, 0.29) is 5.78 Å². The van der Waals surface area contributed by atoms with Gasteiger partial charge in [0.25, 0.3) is 0 Å². The molecule has 4 aromatic rings. The topological polar surface area (TPSA) is 58.6 Å². The first-order valence-electron chi connectivity index (χ1n) is 9.63. The predicted octanol–water partition coefficient (Wildman–Crippen LogP) is 5.07. The van der Waals surface area contributed by atoms with Crippen LogP contribution in [-0.2, 0) is 17.6 Å². The fourth-order valence-electron chi connectivity index (χ4n) is 3.63. The van der Waals surface area contributed by atoms with E-state index in [4.69, 9.17) is 0 Å². The predicted molar refractivity (Wildman–Crippen MR) is 112 cm³/mol. The van der Waals surface area contributed by atoms with Crippen molar-refractivity contribution in [2.45, 2.75) is 32.6 Å². The van der Waals surface area contributed by atoms with Crippen LogP contribution < -0.4 is 0 Å². The number of fused-ring (bicyclic) bond motifs is 1. The lowest BCUT2D eigenvalue weighted by Crippen LogP contribution is -2.03. The summed E-state index contributed by atoms with van der Waals surface area (Å²) >= 11 is 0. The highest BCUT2D eigenvalue weighted by atomic mass is 16.1. The summed E-state index contributed by atoms with van der Waals surface area (Å²) in [7, 11) is 0. The Labute approximate surface area is 164 Å². The van der Waals surface area contributed by atoms with Crippen molar-refractivity contribution >= 4 is 16.7 Å². The summed E-state index contributed by atoms with van der Waals surface area (Å²) in [6.45, 7) is 2.13. The molecule has 4 nitrogen and oxygen atoms in total. The van der Waals surface area contributed by atoms with Gasteiger partial charge in [-0.1, -0.05) is 36.4 Å². The SMILES string of the molecule is Cc1c(-c2ccc(CCCC(=O)Cc3cccnc3)cc2)ccc2[nH]ncc12. The van der Waals surface area contributed by atoms with Gasteiger partial charge in [0, 0.05) is 30.6 Å². The molecule has 0 saturated heterocycles. The van der Waals surface area contributed by atoms with E-state index in [1.807, 2.05) is 18.3 Å². The maximum Gasteiger partial charge on any atom is 0.137 e. The molecule has 4 rings (SSSR count). The smallest absolute Gasteiger partial charge is 0.137 e. The van der Waals surface area contributed by atoms with Crippen LogP contribution in [-0.4, -0.2) is 21.0 Å². The Bertz CT molecular complexity index is 1080. The van der Waals surface area contributed by atoms with Crippen molar-refractivity contribution in [2.75, 3.05) is 0 Å². The van der Waals surface area contributed by atoms with E-state index in [1.165, 1.54) is 22.3 Å². The number of aryl methyl sites for hydroxylation is 2. The number of aromatic nitrogens is 3. The summed E-state index contributed by atoms with van der Waals surface area (Å²) in [5.41, 5.74) is 6.99. The standard InChI is InChI=1S/C24H23N3O/c1-17-22(11-12-24-23(17)16-26-27-24)20-9-7-18(8-10-20)4-2-6-21(28)14-19-5-3-13-25-15-19/h3,5,7-13,15-16H,2,4,6,14H2,1H3,(H,26,27). The minimum absolute atomic E-state index is 0.272. The molecule has 0 fully saturated rings. The van der Waals surface area contributed by atoms with Crippen LogP contribution in [0.4, 0.5) is 0 Å². The van der Waals surface area contributed by atoms with E-state index >= 15 is 0 Å². The quantitative estimate of drug-likeness (QED) is 0.495. The fourth-order valence-corrected chi connectivity index (χ4v) is 3.63. The van der Waals surface area contributed by atoms with Crippen LogP contribution in [0.2, 0.25) is 0 Å². The van der Waals surface area contributed by atoms with Crippen molar-refractivity contribution in [1.82, 2.24) is 15.2 Å². The van der Waals surface area contributed by atoms with Crippen LogP contribution in [0, 0.1) is 6.92 Å². The second-order valence-corrected chi connectivity index (χ2v) is 7.20. The van der Waals surface area contributed by atoms with E-state index < -0.39 is 0 Å². The Hall–Kier alpha value is -3.27. The van der Waals surface area contributed by atoms with E-state index in [9.17, 15) is 4.79 Å². The summed E-state index contributed by atoms with van der Waals surface area (Å²) in [6.07, 6.45) is 8.24. The highest BCUT2D eigenvalue weighted by Crippen LogP contribution is 2.29. The zero-order valence-corrected chi connectivity index (χ0v) is 16.0. The highest BCUT2D eigenvalue weighted by Gasteiger charge is 2.08. The summed E-state index contributed by atoms with van der Waals surface area (Å²) in [4.78, 5) is 16.2. The lowest BCUT2D eigenvalue weighted by atomic mass is 9.96. The van der Waals surface area contributed by atoms with E-state index in [2.05, 4.69) is 58.5 Å². The molecule has 0 amide bonds. The first-order valence-corrected chi connectivity index (χ1v) is 9.63. The van der Waals surface area contributed by atoms with Crippen LogP contribution in [0.5, 0.6) is 0 Å². The summed E-state index contributed by atoms with van der Waals surface area (Å²) < 4.78 is 0. The molecule has 0 bridgehead atoms. The number of hydrogen-bond acceptors (Lipinski definition) is 3. The van der Waals surface area contributed by atoms with Gasteiger partial charge in [0.2, 0.25) is 0 Å². The van der Waals surface area contributed by atoms with Crippen LogP contribution in [0.25, 0.3) is 22.0 Å². The van der Waals surface area contributed by atoms with Gasteiger partial charge in [-0.05, 0) is 59.7 Å². The Morgan fingerprint density at radius 2 is 1.86 bits per heavy atom. The number of carbonyl (C=O) groups excluding carboxylic acids is 1. The molecular formula is C24H23N3O. The molecular weight excluding hydrogens is 346 g/mol. The molecule has 1 N–H and O–H groups in total. The molecule has 2 aromatic carbocycles. The first kappa shape index (κ1) is 18.1. The highest BCUT2D eigenvalue weighted by molar-refractivity contribution is 5.88. The number of carbonyl (C=O) groups is 1. The zero-order chi connectivity index (χ0) is 19.3. The second-order valence-electron chi connectivity index (χ2n) is 7.20. The number of rotatable bonds is 7. The van der Waals surface area contributed by atoms with Crippen molar-refractivity contribution in [1.29, 1.82) is 0 Å². The molecule has 0 saturated carbocycles. The summed E-state index contributed by atoms with van der Waals surface area (Å²) in [5, 5.41) is 8.30. The van der Waals surface area contributed by atoms with Gasteiger partial charge in [0.05, 0.1) is 11.7 Å². The number of hydrogen-bond donors (Lipinski definition) is 1. The lowest BCUT2D eigenvalue weighted by molar-refractivity contribution is -0.118. The minimum Gasteiger partial charge on any atom is -0.299 e. The molecule has 0 aliphatic carbocycles. The Morgan fingerprint density at radius 3 is 2.64 bits per heavy atom. The summed E-state index contributed by atoms with van der Waals surface area (Å²) in [6, 6.07) is 16.7. The Balaban J connectivity index is 1.35. The van der Waals surface area contributed by atoms with Gasteiger partial charge >= 0.3 is 0 Å². The van der Waals surface area contributed by atoms with Gasteiger partial charge in [0.1, 0.15) is 5.78 Å². The number of nitrogens with zero attached hydrogens (tertiary/aromatic N) is 2. The fraction of sp³-hybridized carbons (Fsp3) is 0.208. The zero-order valence-electron chi connectivity index (χ0n) is 16.0. The van der Waals surface area contributed by atoms with Crippen molar-refractivity contribution in [2.24, 2.45) is 0 Å². The van der Waals surface area contributed by atoms with E-state index in [1.54, 1.807) is 12.4 Å². The molecule has 0 aliphatic heterocycles. The van der Waals surface area contributed by atoms with E-state index in [0.29, 0.717) is 12.8 Å². The molecule has 0 aliphatic rings. The molecule has 140 valence electrons. The molecule has 0 unspecified atom stereocenters. The largest absolute Gasteiger partial charge is 0.299 e. The van der Waals surface area contributed by atoms with Gasteiger partial charge in [-0.25, -0.2) is 0 Å². The molecule has 4 heteroatoms. The number of ketones is 1. The third-order valence-electron chi connectivity index (χ3n) is 5.20. The van der Waals surface area contributed by atoms with Gasteiger partial charge in [0.15, 0.2) is 0 Å². The number of benzene rings is 2. The van der Waals surface area contributed by atoms with Crippen LogP contribution in [0.15, 0.2) is 67.1 Å². The number of Topliss-reactive ketones (excluding diaryl/α,β-unsaturated/α-hetero) is 1. The minimum atomic E-state index is 0.272. The van der Waals surface area contributed by atoms with Crippen LogP contribution >= 0.6 is 0 Å². The average molecular weight is 369 g/mol. The number of nitrogens with one attached hydrogen (secondary N) is 1. The second kappa shape index (κ2) is 8.17. The first-order chi connectivity index (χ1) is 13.7. The normalized spacial score (nSPS) is 11.0. The molecule has 0 atom stereocenters. The molecule has 0 spiro atoms. The summed E-state index contributed by atoms with van der Waals surface area (Å²) in [5.74, 6) is 0.272. The molecule has 2 aromatic heterocycles. The van der Waals surface area contributed by atoms with Gasteiger partial charge in [-0.2, -0.15) is 5.10 Å². The van der Waals surface area contributed by atoms with Gasteiger partial charge in [-0.3, -0.25) is 14.9 Å². The number of H-pyrrole nitrogens is 1. The van der Waals surface area contributed by atoms with Crippen molar-refractivity contribution in [3.63, 3.8) is 0 Å². The Morgan fingerprint density at radius 1 is 1.00 bits per heavy atom. The maximum absolute atomic E-state index is 12.1.